The SMILES string of the molecule is O=C(OOCc1cccc(Oc2ccccc2)c1)C1CCC1. The summed E-state index contributed by atoms with van der Waals surface area (Å²) in [4.78, 5) is 21.4. The number of benzene rings is 2. The van der Waals surface area contributed by atoms with Crippen LogP contribution in [0.2, 0.25) is 0 Å². The highest BCUT2D eigenvalue weighted by molar-refractivity contribution is 5.72. The van der Waals surface area contributed by atoms with Crippen LogP contribution >= 0.6 is 0 Å². The van der Waals surface area contributed by atoms with Gasteiger partial charge < -0.3 is 4.74 Å². The average molecular weight is 298 g/mol. The van der Waals surface area contributed by atoms with Crippen LogP contribution < -0.4 is 4.74 Å². The van der Waals surface area contributed by atoms with E-state index in [0.717, 1.165) is 36.3 Å². The maximum Gasteiger partial charge on any atom is 0.345 e. The normalized spacial score (nSPS) is 14.2. The van der Waals surface area contributed by atoms with Crippen molar-refractivity contribution >= 4 is 5.97 Å². The van der Waals surface area contributed by atoms with Crippen LogP contribution in [0, 0.1) is 5.92 Å². The molecule has 0 saturated heterocycles. The van der Waals surface area contributed by atoms with E-state index < -0.39 is 0 Å². The number of para-hydroxylation sites is 1. The molecule has 0 bridgehead atoms. The molecule has 0 heterocycles. The molecule has 3 rings (SSSR count). The first-order valence-electron chi connectivity index (χ1n) is 7.46. The second-order valence-electron chi connectivity index (χ2n) is 5.35. The fraction of sp³-hybridized carbons (Fsp3) is 0.278. The highest BCUT2D eigenvalue weighted by Crippen LogP contribution is 2.27. The van der Waals surface area contributed by atoms with Gasteiger partial charge in [-0.3, -0.25) is 4.89 Å². The zero-order valence-electron chi connectivity index (χ0n) is 12.2. The zero-order valence-corrected chi connectivity index (χ0v) is 12.2. The summed E-state index contributed by atoms with van der Waals surface area (Å²) >= 11 is 0. The van der Waals surface area contributed by atoms with E-state index in [4.69, 9.17) is 14.5 Å². The summed E-state index contributed by atoms with van der Waals surface area (Å²) in [5, 5.41) is 0. The third kappa shape index (κ3) is 3.86. The second-order valence-corrected chi connectivity index (χ2v) is 5.35. The molecule has 2 aromatic rings. The smallest absolute Gasteiger partial charge is 0.345 e. The molecule has 114 valence electrons. The highest BCUT2D eigenvalue weighted by atomic mass is 17.2. The van der Waals surface area contributed by atoms with Gasteiger partial charge in [-0.05, 0) is 42.7 Å². The molecule has 1 saturated carbocycles. The Morgan fingerprint density at radius 2 is 1.77 bits per heavy atom. The summed E-state index contributed by atoms with van der Waals surface area (Å²) < 4.78 is 5.75. The van der Waals surface area contributed by atoms with E-state index in [-0.39, 0.29) is 18.5 Å². The molecule has 0 amide bonds. The molecule has 1 fully saturated rings. The largest absolute Gasteiger partial charge is 0.457 e. The molecule has 0 aliphatic heterocycles. The van der Waals surface area contributed by atoms with Crippen molar-refractivity contribution in [2.24, 2.45) is 5.92 Å². The second kappa shape index (κ2) is 7.09. The van der Waals surface area contributed by atoms with E-state index in [2.05, 4.69) is 0 Å². The third-order valence-electron chi connectivity index (χ3n) is 3.68. The monoisotopic (exact) mass is 298 g/mol. The maximum atomic E-state index is 11.6. The molecular formula is C18H18O4. The van der Waals surface area contributed by atoms with E-state index in [9.17, 15) is 4.79 Å². The Kier molecular flexibility index (Phi) is 4.71. The molecule has 0 spiro atoms. The van der Waals surface area contributed by atoms with Crippen LogP contribution in [0.1, 0.15) is 24.8 Å². The number of carbonyl (C=O) groups excluding carboxylic acids is 1. The summed E-state index contributed by atoms with van der Waals surface area (Å²) in [7, 11) is 0. The lowest BCUT2D eigenvalue weighted by molar-refractivity contribution is -0.285. The van der Waals surface area contributed by atoms with Crippen molar-refractivity contribution in [3.8, 4) is 11.5 Å². The molecule has 4 nitrogen and oxygen atoms in total. The van der Waals surface area contributed by atoms with Gasteiger partial charge in [-0.25, -0.2) is 4.79 Å². The van der Waals surface area contributed by atoms with Crippen LogP contribution in [-0.2, 0) is 21.2 Å². The van der Waals surface area contributed by atoms with E-state index in [0.29, 0.717) is 0 Å². The van der Waals surface area contributed by atoms with Gasteiger partial charge in [0.2, 0.25) is 0 Å². The minimum Gasteiger partial charge on any atom is -0.457 e. The molecule has 1 aliphatic carbocycles. The third-order valence-corrected chi connectivity index (χ3v) is 3.68. The molecule has 0 aromatic heterocycles. The van der Waals surface area contributed by atoms with Crippen molar-refractivity contribution in [3.63, 3.8) is 0 Å². The van der Waals surface area contributed by atoms with Crippen molar-refractivity contribution in [2.45, 2.75) is 25.9 Å². The van der Waals surface area contributed by atoms with Gasteiger partial charge in [0, 0.05) is 0 Å². The highest BCUT2D eigenvalue weighted by Gasteiger charge is 2.27. The van der Waals surface area contributed by atoms with E-state index in [1.807, 2.05) is 54.6 Å². The fourth-order valence-electron chi connectivity index (χ4n) is 2.19. The molecule has 1 aliphatic rings. The van der Waals surface area contributed by atoms with Crippen LogP contribution in [0.25, 0.3) is 0 Å². The quantitative estimate of drug-likeness (QED) is 0.590. The molecule has 22 heavy (non-hydrogen) atoms. The fourth-order valence-corrected chi connectivity index (χ4v) is 2.19. The van der Waals surface area contributed by atoms with Gasteiger partial charge in [-0.15, -0.1) is 0 Å². The molecule has 0 radical (unpaired) electrons. The van der Waals surface area contributed by atoms with Crippen LogP contribution in [0.3, 0.4) is 0 Å². The van der Waals surface area contributed by atoms with E-state index in [1.54, 1.807) is 0 Å². The Hall–Kier alpha value is -2.33. The molecule has 4 heteroatoms. The number of carbonyl (C=O) groups is 1. The first kappa shape index (κ1) is 14.6. The summed E-state index contributed by atoms with van der Waals surface area (Å²) in [5.41, 5.74) is 0.884. The first-order valence-corrected chi connectivity index (χ1v) is 7.46. The van der Waals surface area contributed by atoms with Gasteiger partial charge in [-0.1, -0.05) is 36.8 Å². The van der Waals surface area contributed by atoms with Crippen LogP contribution in [0.4, 0.5) is 0 Å². The minimum atomic E-state index is -0.261. The van der Waals surface area contributed by atoms with Gasteiger partial charge in [0.25, 0.3) is 0 Å². The predicted molar refractivity (Wildman–Crippen MR) is 81.2 cm³/mol. The summed E-state index contributed by atoms with van der Waals surface area (Å²) in [6.45, 7) is 0.213. The Morgan fingerprint density at radius 1 is 1.00 bits per heavy atom. The van der Waals surface area contributed by atoms with Crippen molar-refractivity contribution in [2.75, 3.05) is 0 Å². The Labute approximate surface area is 129 Å². The Morgan fingerprint density at radius 3 is 2.50 bits per heavy atom. The first-order chi connectivity index (χ1) is 10.8. The van der Waals surface area contributed by atoms with Gasteiger partial charge in [0.05, 0.1) is 5.92 Å². The summed E-state index contributed by atoms with van der Waals surface area (Å²) in [5.74, 6) is 1.25. The van der Waals surface area contributed by atoms with Gasteiger partial charge >= 0.3 is 5.97 Å². The summed E-state index contributed by atoms with van der Waals surface area (Å²) in [6.07, 6.45) is 2.91. The maximum absolute atomic E-state index is 11.6. The topological polar surface area (TPSA) is 44.8 Å². The minimum absolute atomic E-state index is 0.0211. The standard InChI is InChI=1S/C18H18O4/c19-18(15-7-5-8-15)22-20-13-14-6-4-11-17(12-14)21-16-9-2-1-3-10-16/h1-4,6,9-12,15H,5,7-8,13H2. The summed E-state index contributed by atoms with van der Waals surface area (Å²) in [6, 6.07) is 17.1. The Balaban J connectivity index is 1.51. The van der Waals surface area contributed by atoms with E-state index in [1.165, 1.54) is 0 Å². The van der Waals surface area contributed by atoms with Crippen LogP contribution in [-0.4, -0.2) is 5.97 Å². The molecule has 0 unspecified atom stereocenters. The number of ether oxygens (including phenoxy) is 1. The van der Waals surface area contributed by atoms with Gasteiger partial charge in [-0.2, -0.15) is 4.89 Å². The van der Waals surface area contributed by atoms with Crippen LogP contribution in [0.5, 0.6) is 11.5 Å². The molecule has 0 atom stereocenters. The molecule has 2 aromatic carbocycles. The van der Waals surface area contributed by atoms with Crippen molar-refractivity contribution < 1.29 is 19.3 Å². The Bertz CT molecular complexity index is 620. The lowest BCUT2D eigenvalue weighted by Crippen LogP contribution is -2.24. The van der Waals surface area contributed by atoms with E-state index >= 15 is 0 Å². The number of rotatable bonds is 6. The average Bonchev–Trinajstić information content (AvgIpc) is 2.47. The number of hydrogen-bond donors (Lipinski definition) is 0. The van der Waals surface area contributed by atoms with Crippen molar-refractivity contribution in [1.82, 2.24) is 0 Å². The van der Waals surface area contributed by atoms with Crippen LogP contribution in [0.15, 0.2) is 54.6 Å². The lowest BCUT2D eigenvalue weighted by atomic mass is 9.86. The number of hydrogen-bond acceptors (Lipinski definition) is 4. The zero-order chi connectivity index (χ0) is 15.2. The lowest BCUT2D eigenvalue weighted by Gasteiger charge is -2.21. The predicted octanol–water partition coefficient (Wildman–Crippen LogP) is 4.25. The van der Waals surface area contributed by atoms with Gasteiger partial charge in [0.15, 0.2) is 0 Å². The molecule has 0 N–H and O–H groups in total. The molecular weight excluding hydrogens is 280 g/mol. The van der Waals surface area contributed by atoms with Gasteiger partial charge in [0.1, 0.15) is 18.1 Å². The van der Waals surface area contributed by atoms with Crippen molar-refractivity contribution in [3.05, 3.63) is 60.2 Å². The van der Waals surface area contributed by atoms with Crippen molar-refractivity contribution in [1.29, 1.82) is 0 Å².